The van der Waals surface area contributed by atoms with E-state index < -0.39 is 0 Å². The summed E-state index contributed by atoms with van der Waals surface area (Å²) in [6, 6.07) is 0. The number of nitrogens with zero attached hydrogens (tertiary/aromatic N) is 2. The van der Waals surface area contributed by atoms with E-state index in [4.69, 9.17) is 0 Å². The molecule has 0 aliphatic heterocycles. The van der Waals surface area contributed by atoms with E-state index in [-0.39, 0.29) is 23.3 Å². The Morgan fingerprint density at radius 2 is 1.88 bits per heavy atom. The molecule has 0 bridgehead atoms. The summed E-state index contributed by atoms with van der Waals surface area (Å²) in [4.78, 5) is 3.63. The van der Waals surface area contributed by atoms with E-state index in [0.717, 1.165) is 0 Å². The van der Waals surface area contributed by atoms with Gasteiger partial charge in [0.15, 0.2) is 0 Å². The molecule has 0 atom stereocenters. The lowest BCUT2D eigenvalue weighted by Gasteiger charge is -1.38. The second-order valence-electron chi connectivity index (χ2n) is 0.581. The molecule has 1 heterocycles. The molecule has 0 fully saturated rings. The smallest absolute Gasteiger partial charge is 0.129 e. The molecule has 0 N–H and O–H groups in total. The molecule has 4 heteroatoms. The third kappa shape index (κ3) is 5.62. The molecule has 3 radical (unpaired) electrons. The number of hydrogen-bond acceptors (Lipinski definition) is 3. The number of hydrogen-bond donors (Lipinski definition) is 0. The molecule has 0 saturated carbocycles. The summed E-state index contributed by atoms with van der Waals surface area (Å²) in [5.74, 6) is 0. The van der Waals surface area contributed by atoms with Gasteiger partial charge in [-0.25, -0.2) is 4.98 Å². The second kappa shape index (κ2) is 9.80. The first-order chi connectivity index (χ1) is 2.50. The van der Waals surface area contributed by atoms with Gasteiger partial charge in [0.2, 0.25) is 0 Å². The van der Waals surface area contributed by atoms with Gasteiger partial charge in [-0.05, 0) is 11.5 Å². The maximum atomic E-state index is 3.65. The first-order valence-electron chi connectivity index (χ1n) is 1.19. The zero-order chi connectivity index (χ0) is 3.54. The Morgan fingerprint density at radius 3 is 2.00 bits per heavy atom. The van der Waals surface area contributed by atoms with Crippen LogP contribution in [-0.4, -0.2) is 17.8 Å². The average molecular weight is 129 g/mol. The quantitative estimate of drug-likeness (QED) is 0.495. The predicted octanol–water partition coefficient (Wildman–Crippen LogP) is 1.43. The van der Waals surface area contributed by atoms with Crippen LogP contribution >= 0.6 is 11.5 Å². The molecule has 45 valence electrons. The highest BCUT2D eigenvalue weighted by Gasteiger charge is 1.60. The van der Waals surface area contributed by atoms with Gasteiger partial charge in [0.05, 0.1) is 0 Å². The first kappa shape index (κ1) is 15.6. The van der Waals surface area contributed by atoms with Gasteiger partial charge < -0.3 is 0 Å². The molecule has 0 amide bonds. The van der Waals surface area contributed by atoms with Crippen molar-refractivity contribution in [2.24, 2.45) is 0 Å². The summed E-state index contributed by atoms with van der Waals surface area (Å²) < 4.78 is 3.65. The number of aromatic nitrogens is 2. The summed E-state index contributed by atoms with van der Waals surface area (Å²) in [5, 5.41) is 0. The molecule has 0 aliphatic rings. The van der Waals surface area contributed by atoms with Crippen molar-refractivity contribution < 1.29 is 0 Å². The molecule has 0 unspecified atom stereocenters. The SMILES string of the molecule is C.C.[B].c1ncsn1. The van der Waals surface area contributed by atoms with Crippen molar-refractivity contribution in [1.82, 2.24) is 9.36 Å². The van der Waals surface area contributed by atoms with Crippen LogP contribution < -0.4 is 0 Å². The minimum atomic E-state index is 0. The van der Waals surface area contributed by atoms with E-state index >= 15 is 0 Å². The Kier molecular flexibility index (Phi) is 19.2. The van der Waals surface area contributed by atoms with E-state index in [0.29, 0.717) is 0 Å². The van der Waals surface area contributed by atoms with E-state index in [2.05, 4.69) is 9.36 Å². The molecule has 1 aromatic heterocycles. The van der Waals surface area contributed by atoms with Gasteiger partial charge in [0, 0.05) is 8.41 Å². The van der Waals surface area contributed by atoms with Gasteiger partial charge in [-0.3, -0.25) is 0 Å². The van der Waals surface area contributed by atoms with Gasteiger partial charge in [0.25, 0.3) is 0 Å². The van der Waals surface area contributed by atoms with Crippen LogP contribution in [0.25, 0.3) is 0 Å². The molecule has 0 saturated heterocycles. The fraction of sp³-hybridized carbons (Fsp3) is 0.500. The van der Waals surface area contributed by atoms with Crippen LogP contribution in [0.15, 0.2) is 11.8 Å². The average Bonchev–Trinajstić information content (AvgIpc) is 1.76. The molecular formula is C4H10BN2S. The van der Waals surface area contributed by atoms with Crippen LogP contribution in [0.2, 0.25) is 0 Å². The minimum Gasteiger partial charge on any atom is -0.231 e. The molecule has 0 aromatic carbocycles. The van der Waals surface area contributed by atoms with Crippen molar-refractivity contribution in [3.8, 4) is 0 Å². The normalized spacial score (nSPS) is 5.00. The lowest BCUT2D eigenvalue weighted by Crippen LogP contribution is -1.43. The topological polar surface area (TPSA) is 25.8 Å². The van der Waals surface area contributed by atoms with Crippen LogP contribution in [0.1, 0.15) is 14.9 Å². The second-order valence-corrected chi connectivity index (χ2v) is 1.21. The standard InChI is InChI=1S/C2H2N2S.2CH4.B/c1-3-2-5-4-1;;;/h1-2H;2*1H4;. The Labute approximate surface area is 56.7 Å². The van der Waals surface area contributed by atoms with Crippen LogP contribution in [0.5, 0.6) is 0 Å². The van der Waals surface area contributed by atoms with E-state index in [1.807, 2.05) is 0 Å². The summed E-state index contributed by atoms with van der Waals surface area (Å²) in [6.07, 6.45) is 1.52. The monoisotopic (exact) mass is 129 g/mol. The summed E-state index contributed by atoms with van der Waals surface area (Å²) >= 11 is 1.35. The van der Waals surface area contributed by atoms with E-state index in [1.54, 1.807) is 5.51 Å². The predicted molar refractivity (Wildman–Crippen MR) is 39.1 cm³/mol. The maximum absolute atomic E-state index is 3.65. The van der Waals surface area contributed by atoms with Crippen molar-refractivity contribution in [3.63, 3.8) is 0 Å². The summed E-state index contributed by atoms with van der Waals surface area (Å²) in [5.41, 5.74) is 1.68. The highest BCUT2D eigenvalue weighted by molar-refractivity contribution is 7.03. The van der Waals surface area contributed by atoms with Crippen LogP contribution in [-0.2, 0) is 0 Å². The Hall–Kier alpha value is -0.375. The van der Waals surface area contributed by atoms with Gasteiger partial charge in [-0.2, -0.15) is 4.37 Å². The van der Waals surface area contributed by atoms with Gasteiger partial charge in [0.1, 0.15) is 11.8 Å². The molecule has 0 aliphatic carbocycles. The zero-order valence-electron chi connectivity index (χ0n) is 3.03. The minimum absolute atomic E-state index is 0. The van der Waals surface area contributed by atoms with Crippen molar-refractivity contribution in [2.75, 3.05) is 0 Å². The Bertz CT molecular complexity index is 70.5. The van der Waals surface area contributed by atoms with Crippen LogP contribution in [0.3, 0.4) is 0 Å². The first-order valence-corrected chi connectivity index (χ1v) is 2.03. The lowest BCUT2D eigenvalue weighted by atomic mass is 10.8. The number of rotatable bonds is 0. The fourth-order valence-electron chi connectivity index (χ4n) is 0.136. The van der Waals surface area contributed by atoms with Crippen molar-refractivity contribution >= 4 is 19.9 Å². The van der Waals surface area contributed by atoms with Gasteiger partial charge >= 0.3 is 0 Å². The molecular weight excluding hydrogens is 119 g/mol. The third-order valence-electron chi connectivity index (χ3n) is 0.283. The molecule has 2 nitrogen and oxygen atoms in total. The zero-order valence-corrected chi connectivity index (χ0v) is 3.85. The Balaban J connectivity index is -0.0000000833. The fourth-order valence-corrected chi connectivity index (χ4v) is 0.408. The van der Waals surface area contributed by atoms with E-state index in [1.165, 1.54) is 17.9 Å². The van der Waals surface area contributed by atoms with Crippen LogP contribution in [0.4, 0.5) is 0 Å². The molecule has 1 aromatic rings. The van der Waals surface area contributed by atoms with Gasteiger partial charge in [-0.15, -0.1) is 0 Å². The summed E-state index contributed by atoms with van der Waals surface area (Å²) in [6.45, 7) is 0. The van der Waals surface area contributed by atoms with Crippen molar-refractivity contribution in [2.45, 2.75) is 14.9 Å². The van der Waals surface area contributed by atoms with Crippen molar-refractivity contribution in [1.29, 1.82) is 0 Å². The molecule has 1 rings (SSSR count). The highest BCUT2D eigenvalue weighted by atomic mass is 32.1. The summed E-state index contributed by atoms with van der Waals surface area (Å²) in [7, 11) is 0. The van der Waals surface area contributed by atoms with Gasteiger partial charge in [-0.1, -0.05) is 14.9 Å². The molecule has 0 spiro atoms. The third-order valence-corrected chi connectivity index (χ3v) is 0.715. The highest BCUT2D eigenvalue weighted by Crippen LogP contribution is 1.77. The van der Waals surface area contributed by atoms with E-state index in [9.17, 15) is 0 Å². The Morgan fingerprint density at radius 1 is 1.25 bits per heavy atom. The molecule has 8 heavy (non-hydrogen) atoms. The van der Waals surface area contributed by atoms with Crippen molar-refractivity contribution in [3.05, 3.63) is 11.8 Å². The van der Waals surface area contributed by atoms with Crippen LogP contribution in [0, 0.1) is 0 Å². The lowest BCUT2D eigenvalue weighted by molar-refractivity contribution is 1.33. The largest absolute Gasteiger partial charge is 0.231 e. The maximum Gasteiger partial charge on any atom is 0.129 e.